The van der Waals surface area contributed by atoms with Crippen molar-refractivity contribution in [1.82, 2.24) is 9.97 Å². The molecule has 1 atom stereocenters. The summed E-state index contributed by atoms with van der Waals surface area (Å²) in [6.07, 6.45) is 7.09. The molecule has 3 rings (SSSR count). The minimum Gasteiger partial charge on any atom is -0.368 e. The van der Waals surface area contributed by atoms with Gasteiger partial charge in [0.1, 0.15) is 5.03 Å². The van der Waals surface area contributed by atoms with Crippen LogP contribution in [-0.2, 0) is 12.8 Å². The molecule has 0 amide bonds. The molecule has 38 heavy (non-hydrogen) atoms. The third kappa shape index (κ3) is 12.5. The summed E-state index contributed by atoms with van der Waals surface area (Å²) in [6, 6.07) is 8.85. The van der Waals surface area contributed by atoms with Crippen molar-refractivity contribution in [2.45, 2.75) is 113 Å². The van der Waals surface area contributed by atoms with Gasteiger partial charge in [-0.05, 0) is 74.6 Å². The molecular formula is C34H57N3S. The summed E-state index contributed by atoms with van der Waals surface area (Å²) >= 11 is 1.73. The van der Waals surface area contributed by atoms with Crippen LogP contribution in [0.15, 0.2) is 60.2 Å². The summed E-state index contributed by atoms with van der Waals surface area (Å²) in [5, 5.41) is 0.937. The first kappa shape index (κ1) is 37.8. The molecule has 2 aromatic rings. The fourth-order valence-corrected chi connectivity index (χ4v) is 4.83. The van der Waals surface area contributed by atoms with Crippen molar-refractivity contribution in [3.63, 3.8) is 0 Å². The molecule has 3 nitrogen and oxygen atoms in total. The molecule has 0 aliphatic heterocycles. The van der Waals surface area contributed by atoms with Crippen molar-refractivity contribution in [2.24, 2.45) is 5.92 Å². The molecule has 0 saturated carbocycles. The van der Waals surface area contributed by atoms with Gasteiger partial charge < -0.3 is 5.73 Å². The van der Waals surface area contributed by atoms with E-state index < -0.39 is 0 Å². The maximum Gasteiger partial charge on any atom is 0.221 e. The Hall–Kier alpha value is -2.33. The van der Waals surface area contributed by atoms with E-state index in [1.165, 1.54) is 59.1 Å². The Morgan fingerprint density at radius 2 is 1.58 bits per heavy atom. The van der Waals surface area contributed by atoms with Crippen molar-refractivity contribution >= 4 is 23.3 Å². The van der Waals surface area contributed by atoms with E-state index in [4.69, 9.17) is 5.73 Å². The predicted molar refractivity (Wildman–Crippen MR) is 176 cm³/mol. The van der Waals surface area contributed by atoms with Gasteiger partial charge in [0.2, 0.25) is 5.95 Å². The molecule has 0 spiro atoms. The molecular weight excluding hydrogens is 482 g/mol. The number of nitrogens with zero attached hydrogens (tertiary/aromatic N) is 2. The molecule has 1 aromatic heterocycles. The molecule has 0 radical (unpaired) electrons. The highest BCUT2D eigenvalue weighted by Crippen LogP contribution is 2.35. The zero-order chi connectivity index (χ0) is 29.7. The van der Waals surface area contributed by atoms with Crippen molar-refractivity contribution in [3.05, 3.63) is 77.5 Å². The number of aryl methyl sites for hydroxylation is 1. The van der Waals surface area contributed by atoms with Crippen LogP contribution in [0.1, 0.15) is 117 Å². The van der Waals surface area contributed by atoms with Gasteiger partial charge in [-0.3, -0.25) is 0 Å². The highest BCUT2D eigenvalue weighted by Gasteiger charge is 2.20. The molecule has 4 heteroatoms. The van der Waals surface area contributed by atoms with E-state index in [-0.39, 0.29) is 0 Å². The number of allylic oxidation sites excluding steroid dienone is 2. The smallest absolute Gasteiger partial charge is 0.221 e. The van der Waals surface area contributed by atoms with Crippen molar-refractivity contribution in [2.75, 3.05) is 11.5 Å². The molecule has 1 aliphatic carbocycles. The highest BCUT2D eigenvalue weighted by atomic mass is 32.2. The zero-order valence-corrected chi connectivity index (χ0v) is 27.2. The summed E-state index contributed by atoms with van der Waals surface area (Å²) < 4.78 is 0. The second-order valence-corrected chi connectivity index (χ2v) is 9.91. The summed E-state index contributed by atoms with van der Waals surface area (Å²) in [5.41, 5.74) is 15.2. The van der Waals surface area contributed by atoms with Gasteiger partial charge >= 0.3 is 0 Å². The lowest BCUT2D eigenvalue weighted by Crippen LogP contribution is -2.09. The topological polar surface area (TPSA) is 51.8 Å². The Morgan fingerprint density at radius 1 is 1.00 bits per heavy atom. The number of hydrogen-bond acceptors (Lipinski definition) is 4. The maximum atomic E-state index is 6.15. The number of benzene rings is 1. The Labute approximate surface area is 240 Å². The second kappa shape index (κ2) is 22.6. The van der Waals surface area contributed by atoms with Gasteiger partial charge in [-0.1, -0.05) is 97.7 Å². The Bertz CT molecular complexity index is 962. The monoisotopic (exact) mass is 539 g/mol. The maximum absolute atomic E-state index is 6.15. The lowest BCUT2D eigenvalue weighted by atomic mass is 9.83. The summed E-state index contributed by atoms with van der Waals surface area (Å²) in [7, 11) is 0. The minimum absolute atomic E-state index is 0.346. The number of nitrogen functional groups attached to an aromatic ring is 1. The molecule has 0 bridgehead atoms. The number of nitrogens with two attached hydrogens (primary N) is 1. The number of rotatable bonds is 7. The summed E-state index contributed by atoms with van der Waals surface area (Å²) in [5.74, 6) is 1.73. The quantitative estimate of drug-likeness (QED) is 0.216. The van der Waals surface area contributed by atoms with Gasteiger partial charge in [0, 0.05) is 11.3 Å². The number of aromatic nitrogens is 2. The number of hydrogen-bond donors (Lipinski definition) is 1. The van der Waals surface area contributed by atoms with E-state index in [0.717, 1.165) is 29.3 Å². The molecule has 1 heterocycles. The highest BCUT2D eigenvalue weighted by molar-refractivity contribution is 7.99. The average molecular weight is 540 g/mol. The molecule has 1 aliphatic rings. The fourth-order valence-electron chi connectivity index (χ4n) is 3.78. The van der Waals surface area contributed by atoms with E-state index in [0.29, 0.717) is 11.9 Å². The van der Waals surface area contributed by atoms with Crippen LogP contribution in [0, 0.1) is 5.92 Å². The molecule has 2 N–H and O–H groups in total. The molecule has 0 fully saturated rings. The lowest BCUT2D eigenvalue weighted by molar-refractivity contribution is 0.684. The Balaban J connectivity index is 0. The molecule has 1 aromatic carbocycles. The van der Waals surface area contributed by atoms with Gasteiger partial charge in [0.15, 0.2) is 0 Å². The van der Waals surface area contributed by atoms with E-state index >= 15 is 0 Å². The molecule has 214 valence electrons. The van der Waals surface area contributed by atoms with Crippen molar-refractivity contribution < 1.29 is 0 Å². The van der Waals surface area contributed by atoms with Crippen LogP contribution in [0.4, 0.5) is 5.95 Å². The number of anilines is 1. The van der Waals surface area contributed by atoms with E-state index in [1.54, 1.807) is 11.8 Å². The zero-order valence-electron chi connectivity index (χ0n) is 26.3. The van der Waals surface area contributed by atoms with Crippen LogP contribution in [0.3, 0.4) is 0 Å². The fraction of sp³-hybridized carbons (Fsp3) is 0.529. The van der Waals surface area contributed by atoms with E-state index in [1.807, 2.05) is 27.7 Å². The third-order valence-corrected chi connectivity index (χ3v) is 7.09. The van der Waals surface area contributed by atoms with Gasteiger partial charge in [-0.15, -0.1) is 24.9 Å². The summed E-state index contributed by atoms with van der Waals surface area (Å²) in [4.78, 5) is 9.16. The SMILES string of the molecule is C=C.C=C(C)C(C)CSc1cc(/C(=C(\C)CC)c2cccc3c2CCCC3)nc(N)n1.CC.CC.CCC. The first-order valence-corrected chi connectivity index (χ1v) is 15.5. The van der Waals surface area contributed by atoms with Gasteiger partial charge in [-0.2, -0.15) is 0 Å². The van der Waals surface area contributed by atoms with Crippen LogP contribution in [0.25, 0.3) is 5.57 Å². The van der Waals surface area contributed by atoms with E-state index in [9.17, 15) is 0 Å². The molecule has 1 unspecified atom stereocenters. The Kier molecular flexibility index (Phi) is 22.5. The van der Waals surface area contributed by atoms with Crippen LogP contribution in [0.5, 0.6) is 0 Å². The summed E-state index contributed by atoms with van der Waals surface area (Å²) in [6.45, 7) is 31.0. The normalized spacial score (nSPS) is 12.7. The van der Waals surface area contributed by atoms with Crippen LogP contribution in [-0.4, -0.2) is 15.7 Å². The second-order valence-electron chi connectivity index (χ2n) is 8.87. The largest absolute Gasteiger partial charge is 0.368 e. The van der Waals surface area contributed by atoms with Crippen LogP contribution in [0.2, 0.25) is 0 Å². The van der Waals surface area contributed by atoms with Gasteiger partial charge in [0.05, 0.1) is 5.69 Å². The average Bonchev–Trinajstić information content (AvgIpc) is 2.95. The lowest BCUT2D eigenvalue weighted by Gasteiger charge is -2.22. The molecule has 0 saturated heterocycles. The van der Waals surface area contributed by atoms with Crippen LogP contribution >= 0.6 is 11.8 Å². The number of thioether (sulfide) groups is 1. The minimum atomic E-state index is 0.346. The standard InChI is InChI=1S/C25H33N3S.C3H8.2C2H6.C2H4/c1-6-17(4)24(21-13-9-11-19-10-7-8-12-20(19)21)22-14-23(28-25(26)27-22)29-15-18(5)16(2)3;1-3-2;3*1-2/h9,11,13-14,18H,2,6-8,10,12,15H2,1,3-5H3,(H2,26,27,28);3H2,1-2H3;2*1-2H3;1-2H2/b24-17+;;;;. The Morgan fingerprint density at radius 3 is 2.13 bits per heavy atom. The third-order valence-electron chi connectivity index (χ3n) is 5.92. The van der Waals surface area contributed by atoms with Crippen molar-refractivity contribution in [1.29, 1.82) is 0 Å². The predicted octanol–water partition coefficient (Wildman–Crippen LogP) is 10.7. The first-order valence-electron chi connectivity index (χ1n) is 14.6. The van der Waals surface area contributed by atoms with Crippen molar-refractivity contribution in [3.8, 4) is 0 Å². The first-order chi connectivity index (χ1) is 18.3. The van der Waals surface area contributed by atoms with Gasteiger partial charge in [-0.25, -0.2) is 9.97 Å². The van der Waals surface area contributed by atoms with Crippen LogP contribution < -0.4 is 5.73 Å². The van der Waals surface area contributed by atoms with E-state index in [2.05, 4.69) is 95.5 Å². The van der Waals surface area contributed by atoms with Gasteiger partial charge in [0.25, 0.3) is 0 Å². The number of fused-ring (bicyclic) bond motifs is 1.